The molecule has 0 saturated carbocycles. The van der Waals surface area contributed by atoms with Gasteiger partial charge in [-0.1, -0.05) is 32.1 Å². The fourth-order valence-corrected chi connectivity index (χ4v) is 2.71. The Morgan fingerprint density at radius 2 is 0.743 bits per heavy atom. The van der Waals surface area contributed by atoms with Crippen molar-refractivity contribution in [3.63, 3.8) is 0 Å². The van der Waals surface area contributed by atoms with Gasteiger partial charge in [0.15, 0.2) is 0 Å². The van der Waals surface area contributed by atoms with E-state index < -0.39 is 60.6 Å². The summed E-state index contributed by atoms with van der Waals surface area (Å²) < 4.78 is 0. The summed E-state index contributed by atoms with van der Waals surface area (Å²) in [5, 5.41) is 46.5. The second-order valence-corrected chi connectivity index (χ2v) is 7.01. The SMILES string of the molecule is O=C([O-])C[C@H](NC(=O)CCCCCCCCCC(=O)N[C@@H](CC(=O)[O-])C(=O)[O-])C(=O)[O-].[Na+].[Na+].[Na+].[Na+]. The molecule has 2 atom stereocenters. The Bertz CT molecular complexity index is 614. The zero-order chi connectivity index (χ0) is 23.8. The monoisotopic (exact) mass is 534 g/mol. The Balaban J connectivity index is -0.000000750. The standard InChI is InChI=1S/C19H30N2O10.4Na/c22-14(20-12(18(28)29)10-16(24)25)8-6-4-2-1-3-5-7-9-15(23)21-13(19(30)31)11-17(26)27;;;;/h12-13H,1-11H2,(H,20,22)(H,21,23)(H,24,25)(H,26,27)(H,28,29)(H,30,31);;;;/q;4*+1/p-4/t12-,13-;;;;/m0..../s1. The molecule has 0 unspecified atom stereocenters. The summed E-state index contributed by atoms with van der Waals surface area (Å²) >= 11 is 0. The van der Waals surface area contributed by atoms with Crippen LogP contribution in [0.25, 0.3) is 0 Å². The van der Waals surface area contributed by atoms with Gasteiger partial charge in [-0.15, -0.1) is 0 Å². The Labute approximate surface area is 292 Å². The Hall–Kier alpha value is 0.820. The van der Waals surface area contributed by atoms with Crippen LogP contribution in [-0.4, -0.2) is 47.8 Å². The average Bonchev–Trinajstić information content (AvgIpc) is 2.64. The molecule has 0 aliphatic heterocycles. The number of carboxylic acids is 4. The number of aliphatic carboxylic acids is 4. The summed E-state index contributed by atoms with van der Waals surface area (Å²) in [6.07, 6.45) is 3.13. The van der Waals surface area contributed by atoms with Gasteiger partial charge in [-0.2, -0.15) is 0 Å². The predicted octanol–water partition coefficient (Wildman–Crippen LogP) is -16.7. The molecule has 0 aliphatic carbocycles. The van der Waals surface area contributed by atoms with Crippen molar-refractivity contribution < 1.29 is 167 Å². The summed E-state index contributed by atoms with van der Waals surface area (Å²) in [6, 6.07) is -3.25. The first kappa shape index (κ1) is 45.7. The van der Waals surface area contributed by atoms with Crippen LogP contribution in [0.4, 0.5) is 0 Å². The predicted molar refractivity (Wildman–Crippen MR) is 94.7 cm³/mol. The van der Waals surface area contributed by atoms with Crippen molar-refractivity contribution in [2.45, 2.75) is 82.7 Å². The summed E-state index contributed by atoms with van der Waals surface area (Å²) in [4.78, 5) is 65.6. The summed E-state index contributed by atoms with van der Waals surface area (Å²) in [6.45, 7) is 0. The van der Waals surface area contributed by atoms with Crippen LogP contribution in [0.15, 0.2) is 0 Å². The summed E-state index contributed by atoms with van der Waals surface area (Å²) in [5.41, 5.74) is 0. The van der Waals surface area contributed by atoms with E-state index in [0.717, 1.165) is 19.3 Å². The molecule has 0 aromatic carbocycles. The van der Waals surface area contributed by atoms with Gasteiger partial charge >= 0.3 is 118 Å². The largest absolute Gasteiger partial charge is 1.00 e. The third kappa shape index (κ3) is 27.7. The van der Waals surface area contributed by atoms with Gasteiger partial charge in [0.25, 0.3) is 0 Å². The number of carbonyl (C=O) groups is 6. The van der Waals surface area contributed by atoms with Gasteiger partial charge in [0.05, 0.1) is 24.0 Å². The number of carboxylic acid groups (broad SMARTS) is 4. The van der Waals surface area contributed by atoms with Crippen LogP contribution in [0.1, 0.15) is 70.6 Å². The number of unbranched alkanes of at least 4 members (excludes halogenated alkanes) is 6. The Kier molecular flexibility index (Phi) is 36.4. The van der Waals surface area contributed by atoms with Crippen molar-refractivity contribution in [1.29, 1.82) is 0 Å². The number of rotatable bonds is 18. The molecule has 0 heterocycles. The quantitative estimate of drug-likeness (QED) is 0.125. The van der Waals surface area contributed by atoms with Crippen molar-refractivity contribution in [1.82, 2.24) is 10.6 Å². The second-order valence-electron chi connectivity index (χ2n) is 7.01. The molecule has 176 valence electrons. The molecule has 35 heavy (non-hydrogen) atoms. The first-order valence-electron chi connectivity index (χ1n) is 9.93. The fourth-order valence-electron chi connectivity index (χ4n) is 2.71. The molecule has 2 amide bonds. The van der Waals surface area contributed by atoms with Gasteiger partial charge in [-0.25, -0.2) is 0 Å². The van der Waals surface area contributed by atoms with Crippen molar-refractivity contribution in [3.05, 3.63) is 0 Å². The molecule has 0 spiro atoms. The van der Waals surface area contributed by atoms with E-state index in [1.807, 2.05) is 0 Å². The molecular weight excluding hydrogens is 508 g/mol. The number of nitrogens with one attached hydrogen (secondary N) is 2. The Morgan fingerprint density at radius 1 is 0.486 bits per heavy atom. The minimum absolute atomic E-state index is 0. The van der Waals surface area contributed by atoms with Gasteiger partial charge < -0.3 is 50.2 Å². The van der Waals surface area contributed by atoms with Gasteiger partial charge in [0, 0.05) is 37.6 Å². The molecule has 16 heteroatoms. The fraction of sp³-hybridized carbons (Fsp3) is 0.684. The van der Waals surface area contributed by atoms with E-state index >= 15 is 0 Å². The van der Waals surface area contributed by atoms with Crippen molar-refractivity contribution in [2.75, 3.05) is 0 Å². The van der Waals surface area contributed by atoms with Crippen LogP contribution in [0, 0.1) is 0 Å². The minimum atomic E-state index is -1.69. The molecule has 2 N–H and O–H groups in total. The third-order valence-electron chi connectivity index (χ3n) is 4.29. The molecule has 0 aliphatic rings. The van der Waals surface area contributed by atoms with E-state index in [1.54, 1.807) is 0 Å². The maximum Gasteiger partial charge on any atom is 1.00 e. The normalized spacial score (nSPS) is 11.0. The number of amides is 2. The number of hydrogen-bond acceptors (Lipinski definition) is 10. The summed E-state index contributed by atoms with van der Waals surface area (Å²) in [5.74, 6) is -7.78. The van der Waals surface area contributed by atoms with Gasteiger partial charge in [0.1, 0.15) is 0 Å². The molecule has 12 nitrogen and oxygen atoms in total. The molecule has 0 rings (SSSR count). The third-order valence-corrected chi connectivity index (χ3v) is 4.29. The summed E-state index contributed by atoms with van der Waals surface area (Å²) in [7, 11) is 0. The van der Waals surface area contributed by atoms with Crippen molar-refractivity contribution in [2.24, 2.45) is 0 Å². The van der Waals surface area contributed by atoms with E-state index in [4.69, 9.17) is 0 Å². The van der Waals surface area contributed by atoms with Gasteiger partial charge in [0.2, 0.25) is 11.8 Å². The van der Waals surface area contributed by atoms with E-state index in [-0.39, 0.29) is 131 Å². The second kappa shape index (κ2) is 27.8. The topological polar surface area (TPSA) is 219 Å². The van der Waals surface area contributed by atoms with E-state index in [0.29, 0.717) is 25.7 Å². The van der Waals surface area contributed by atoms with Crippen LogP contribution in [0.5, 0.6) is 0 Å². The van der Waals surface area contributed by atoms with Crippen LogP contribution in [-0.2, 0) is 28.8 Å². The van der Waals surface area contributed by atoms with E-state index in [1.165, 1.54) is 0 Å². The zero-order valence-corrected chi connectivity index (χ0v) is 29.0. The van der Waals surface area contributed by atoms with Crippen molar-refractivity contribution >= 4 is 35.7 Å². The van der Waals surface area contributed by atoms with E-state index in [2.05, 4.69) is 10.6 Å². The van der Waals surface area contributed by atoms with Crippen LogP contribution >= 0.6 is 0 Å². The minimum Gasteiger partial charge on any atom is -0.550 e. The van der Waals surface area contributed by atoms with Gasteiger partial charge in [-0.3, -0.25) is 9.59 Å². The first-order chi connectivity index (χ1) is 14.5. The molecule has 0 aromatic rings. The smallest absolute Gasteiger partial charge is 0.550 e. The molecule has 0 saturated heterocycles. The molecule has 0 bridgehead atoms. The first-order valence-corrected chi connectivity index (χ1v) is 9.93. The van der Waals surface area contributed by atoms with Crippen LogP contribution < -0.4 is 149 Å². The molecule has 0 fully saturated rings. The number of hydrogen-bond donors (Lipinski definition) is 2. The van der Waals surface area contributed by atoms with Crippen LogP contribution in [0.2, 0.25) is 0 Å². The molecule has 0 radical (unpaired) electrons. The zero-order valence-electron chi connectivity index (χ0n) is 21.0. The Morgan fingerprint density at radius 3 is 0.971 bits per heavy atom. The average molecular weight is 534 g/mol. The molecule has 0 aromatic heterocycles. The van der Waals surface area contributed by atoms with Crippen LogP contribution in [0.3, 0.4) is 0 Å². The maximum absolute atomic E-state index is 11.6. The number of carbonyl (C=O) groups excluding carboxylic acids is 6. The van der Waals surface area contributed by atoms with E-state index in [9.17, 15) is 49.2 Å². The molecular formula is C19H26N2Na4O10. The maximum atomic E-state index is 11.6. The van der Waals surface area contributed by atoms with Gasteiger partial charge in [-0.05, 0) is 12.8 Å². The van der Waals surface area contributed by atoms with Crippen molar-refractivity contribution in [3.8, 4) is 0 Å².